The molecule has 2 fully saturated rings. The molecule has 0 unspecified atom stereocenters. The summed E-state index contributed by atoms with van der Waals surface area (Å²) in [7, 11) is 0. The number of carbonyl (C=O) groups excluding carboxylic acids is 2. The molecule has 1 aliphatic carbocycles. The van der Waals surface area contributed by atoms with Crippen molar-refractivity contribution in [3.8, 4) is 0 Å². The van der Waals surface area contributed by atoms with E-state index in [4.69, 9.17) is 0 Å². The van der Waals surface area contributed by atoms with Crippen LogP contribution in [-0.4, -0.2) is 47.3 Å². The van der Waals surface area contributed by atoms with Gasteiger partial charge in [-0.15, -0.1) is 0 Å². The van der Waals surface area contributed by atoms with Gasteiger partial charge in [0.2, 0.25) is 0 Å². The number of hydrogen-bond donors (Lipinski definition) is 1. The highest BCUT2D eigenvalue weighted by atomic mass is 19.1. The molecule has 2 aromatic carbocycles. The van der Waals surface area contributed by atoms with Crippen LogP contribution >= 0.6 is 0 Å². The van der Waals surface area contributed by atoms with E-state index in [2.05, 4.69) is 22.3 Å². The molecule has 0 radical (unpaired) electrons. The minimum absolute atomic E-state index is 0.0548. The molecule has 1 N–H and O–H groups in total. The maximum atomic E-state index is 13.1. The minimum Gasteiger partial charge on any atom is -0.335 e. The van der Waals surface area contributed by atoms with E-state index in [0.717, 1.165) is 51.2 Å². The summed E-state index contributed by atoms with van der Waals surface area (Å²) in [5.74, 6) is 0.630. The molecule has 1 saturated heterocycles. The summed E-state index contributed by atoms with van der Waals surface area (Å²) in [6.07, 6.45) is 7.43. The topological polar surface area (TPSA) is 52.7 Å². The largest absolute Gasteiger partial charge is 0.335 e. The number of benzene rings is 2. The van der Waals surface area contributed by atoms with E-state index in [-0.39, 0.29) is 29.6 Å². The van der Waals surface area contributed by atoms with E-state index >= 15 is 0 Å². The molecule has 2 aromatic rings. The first-order chi connectivity index (χ1) is 17.0. The summed E-state index contributed by atoms with van der Waals surface area (Å²) in [6, 6.07) is 14.6. The first-order valence-corrected chi connectivity index (χ1v) is 13.2. The van der Waals surface area contributed by atoms with Crippen LogP contribution in [0.1, 0.15) is 66.4 Å². The summed E-state index contributed by atoms with van der Waals surface area (Å²) in [5, 5.41) is 3.28. The molecular formula is C29H36FN3O2. The third-order valence-electron chi connectivity index (χ3n) is 8.24. The van der Waals surface area contributed by atoms with Crippen LogP contribution in [0.15, 0.2) is 48.5 Å². The number of nitrogens with one attached hydrogen (secondary N) is 1. The summed E-state index contributed by atoms with van der Waals surface area (Å²) in [4.78, 5) is 29.9. The van der Waals surface area contributed by atoms with Gasteiger partial charge < -0.3 is 15.1 Å². The van der Waals surface area contributed by atoms with Crippen molar-refractivity contribution in [1.82, 2.24) is 15.1 Å². The van der Waals surface area contributed by atoms with Crippen LogP contribution in [0.3, 0.4) is 0 Å². The lowest BCUT2D eigenvalue weighted by Gasteiger charge is -2.34. The first-order valence-electron chi connectivity index (χ1n) is 13.2. The van der Waals surface area contributed by atoms with Gasteiger partial charge in [0.05, 0.1) is 0 Å². The lowest BCUT2D eigenvalue weighted by molar-refractivity contribution is 0.0832. The molecule has 0 atom stereocenters. The smallest absolute Gasteiger partial charge is 0.318 e. The van der Waals surface area contributed by atoms with Gasteiger partial charge in [-0.3, -0.25) is 4.79 Å². The van der Waals surface area contributed by atoms with Crippen LogP contribution < -0.4 is 5.32 Å². The Bertz CT molecular complexity index is 999. The SMILES string of the molecule is O=C(c1ccc(F)cc1)C1CCN(CC[C@H]2CC[C@H](NC(=O)N3Cc4ccccc4C3)CC2)CC1. The molecule has 5 nitrogen and oxygen atoms in total. The van der Waals surface area contributed by atoms with Crippen LogP contribution in [0.4, 0.5) is 9.18 Å². The molecule has 1 saturated carbocycles. The van der Waals surface area contributed by atoms with Crippen molar-refractivity contribution in [2.24, 2.45) is 11.8 Å². The van der Waals surface area contributed by atoms with Crippen molar-refractivity contribution in [3.05, 3.63) is 71.0 Å². The average molecular weight is 478 g/mol. The fraction of sp³-hybridized carbons (Fsp3) is 0.517. The predicted molar refractivity (Wildman–Crippen MR) is 134 cm³/mol. The highest BCUT2D eigenvalue weighted by Gasteiger charge is 2.29. The Labute approximate surface area is 207 Å². The Morgan fingerprint density at radius 3 is 2.11 bits per heavy atom. The molecule has 0 spiro atoms. The highest BCUT2D eigenvalue weighted by molar-refractivity contribution is 5.97. The van der Waals surface area contributed by atoms with Crippen molar-refractivity contribution in [2.75, 3.05) is 19.6 Å². The Balaban J connectivity index is 0.983. The van der Waals surface area contributed by atoms with E-state index in [1.807, 2.05) is 17.0 Å². The minimum atomic E-state index is -0.301. The summed E-state index contributed by atoms with van der Waals surface area (Å²) < 4.78 is 13.1. The van der Waals surface area contributed by atoms with Crippen LogP contribution in [-0.2, 0) is 13.1 Å². The number of rotatable bonds is 6. The molecule has 35 heavy (non-hydrogen) atoms. The number of amides is 2. The molecule has 186 valence electrons. The van der Waals surface area contributed by atoms with E-state index in [9.17, 15) is 14.0 Å². The lowest BCUT2D eigenvalue weighted by Crippen LogP contribution is -2.44. The number of Topliss-reactive ketones (excluding diaryl/α,β-unsaturated/α-hetero) is 1. The molecule has 6 heteroatoms. The Kier molecular flexibility index (Phi) is 7.47. The maximum Gasteiger partial charge on any atom is 0.318 e. The van der Waals surface area contributed by atoms with Gasteiger partial charge in [-0.2, -0.15) is 0 Å². The third kappa shape index (κ3) is 5.92. The number of piperidine rings is 1. The molecule has 5 rings (SSSR count). The first kappa shape index (κ1) is 24.0. The summed E-state index contributed by atoms with van der Waals surface area (Å²) in [6.45, 7) is 4.43. The quantitative estimate of drug-likeness (QED) is 0.567. The van der Waals surface area contributed by atoms with Crippen molar-refractivity contribution in [3.63, 3.8) is 0 Å². The third-order valence-corrected chi connectivity index (χ3v) is 8.24. The van der Waals surface area contributed by atoms with Gasteiger partial charge in [-0.25, -0.2) is 9.18 Å². The lowest BCUT2D eigenvalue weighted by atomic mass is 9.83. The van der Waals surface area contributed by atoms with Crippen LogP contribution in [0.5, 0.6) is 0 Å². The van der Waals surface area contributed by atoms with Gasteiger partial charge in [0, 0.05) is 30.6 Å². The van der Waals surface area contributed by atoms with Crippen LogP contribution in [0, 0.1) is 17.7 Å². The van der Waals surface area contributed by atoms with Crippen molar-refractivity contribution in [1.29, 1.82) is 0 Å². The van der Waals surface area contributed by atoms with Crippen LogP contribution in [0.25, 0.3) is 0 Å². The number of nitrogens with zero attached hydrogens (tertiary/aromatic N) is 2. The average Bonchev–Trinajstić information content (AvgIpc) is 3.33. The highest BCUT2D eigenvalue weighted by Crippen LogP contribution is 2.29. The molecule has 2 amide bonds. The molecule has 0 bridgehead atoms. The molecule has 0 aromatic heterocycles. The van der Waals surface area contributed by atoms with Gasteiger partial charge in [-0.1, -0.05) is 24.3 Å². The Morgan fingerprint density at radius 1 is 0.857 bits per heavy atom. The zero-order valence-electron chi connectivity index (χ0n) is 20.4. The summed E-state index contributed by atoms with van der Waals surface area (Å²) in [5.41, 5.74) is 3.15. The molecule has 2 aliphatic heterocycles. The van der Waals surface area contributed by atoms with E-state index in [1.165, 1.54) is 42.5 Å². The second kappa shape index (κ2) is 10.9. The van der Waals surface area contributed by atoms with Crippen molar-refractivity contribution >= 4 is 11.8 Å². The van der Waals surface area contributed by atoms with Gasteiger partial charge in [-0.05, 0) is 106 Å². The standard InChI is InChI=1S/C29H36FN3O2/c30-26-9-7-22(8-10-26)28(34)23-14-17-32(18-15-23)16-13-21-5-11-27(12-6-21)31-29(35)33-19-24-3-1-2-4-25(24)20-33/h1-4,7-10,21,23,27H,5-6,11-20H2,(H,31,35)/t21-,27-. The van der Waals surface area contributed by atoms with Crippen molar-refractivity contribution in [2.45, 2.75) is 64.1 Å². The van der Waals surface area contributed by atoms with Crippen molar-refractivity contribution < 1.29 is 14.0 Å². The fourth-order valence-electron chi connectivity index (χ4n) is 5.97. The number of urea groups is 1. The second-order valence-corrected chi connectivity index (χ2v) is 10.6. The Morgan fingerprint density at radius 2 is 1.49 bits per heavy atom. The van der Waals surface area contributed by atoms with E-state index < -0.39 is 0 Å². The van der Waals surface area contributed by atoms with Gasteiger partial charge in [0.25, 0.3) is 0 Å². The van der Waals surface area contributed by atoms with Gasteiger partial charge in [0.1, 0.15) is 5.82 Å². The zero-order chi connectivity index (χ0) is 24.2. The number of carbonyl (C=O) groups is 2. The number of fused-ring (bicyclic) bond motifs is 1. The number of halogens is 1. The molecule has 2 heterocycles. The number of ketones is 1. The molecular weight excluding hydrogens is 441 g/mol. The fourth-order valence-corrected chi connectivity index (χ4v) is 5.97. The normalized spacial score (nSPS) is 23.2. The number of hydrogen-bond acceptors (Lipinski definition) is 3. The number of likely N-dealkylation sites (tertiary alicyclic amines) is 1. The monoisotopic (exact) mass is 477 g/mol. The predicted octanol–water partition coefficient (Wildman–Crippen LogP) is 5.39. The molecule has 3 aliphatic rings. The van der Waals surface area contributed by atoms with Gasteiger partial charge >= 0.3 is 6.03 Å². The Hall–Kier alpha value is -2.73. The summed E-state index contributed by atoms with van der Waals surface area (Å²) >= 11 is 0. The van der Waals surface area contributed by atoms with E-state index in [1.54, 1.807) is 12.1 Å². The van der Waals surface area contributed by atoms with Gasteiger partial charge in [0.15, 0.2) is 5.78 Å². The van der Waals surface area contributed by atoms with Crippen LogP contribution in [0.2, 0.25) is 0 Å². The maximum absolute atomic E-state index is 13.1. The van der Waals surface area contributed by atoms with E-state index in [0.29, 0.717) is 18.7 Å². The second-order valence-electron chi connectivity index (χ2n) is 10.6. The zero-order valence-corrected chi connectivity index (χ0v) is 20.4.